The summed E-state index contributed by atoms with van der Waals surface area (Å²) in [5.74, 6) is -0.932. The van der Waals surface area contributed by atoms with E-state index in [0.29, 0.717) is 5.56 Å². The van der Waals surface area contributed by atoms with Crippen molar-refractivity contribution in [2.75, 3.05) is 7.11 Å². The van der Waals surface area contributed by atoms with Gasteiger partial charge in [0.25, 0.3) is 0 Å². The van der Waals surface area contributed by atoms with Crippen molar-refractivity contribution in [3.05, 3.63) is 35.9 Å². The van der Waals surface area contributed by atoms with Gasteiger partial charge < -0.3 is 15.8 Å². The van der Waals surface area contributed by atoms with Crippen LogP contribution in [0.5, 0.6) is 0 Å². The maximum atomic E-state index is 12.0. The molecular weight excluding hydrogens is 244 g/mol. The van der Waals surface area contributed by atoms with E-state index in [-0.39, 0.29) is 5.92 Å². The van der Waals surface area contributed by atoms with E-state index in [4.69, 9.17) is 5.73 Å². The Labute approximate surface area is 113 Å². The number of ether oxygens (including phenoxy) is 1. The van der Waals surface area contributed by atoms with Gasteiger partial charge in [0, 0.05) is 0 Å². The molecule has 1 rings (SSSR count). The van der Waals surface area contributed by atoms with Crippen LogP contribution in [0.4, 0.5) is 0 Å². The second-order valence-corrected chi connectivity index (χ2v) is 4.64. The van der Waals surface area contributed by atoms with Crippen molar-refractivity contribution < 1.29 is 14.3 Å². The SMILES string of the molecule is COC(=O)C(NC(=O)C(N)c1ccccc1)C(C)C. The molecule has 5 nitrogen and oxygen atoms in total. The predicted molar refractivity (Wildman–Crippen MR) is 72.2 cm³/mol. The van der Waals surface area contributed by atoms with Gasteiger partial charge in [-0.1, -0.05) is 44.2 Å². The molecule has 0 saturated carbocycles. The molecule has 0 radical (unpaired) electrons. The lowest BCUT2D eigenvalue weighted by Crippen LogP contribution is -2.48. The molecule has 1 amide bonds. The van der Waals surface area contributed by atoms with Crippen LogP contribution in [0.15, 0.2) is 30.3 Å². The zero-order valence-electron chi connectivity index (χ0n) is 11.4. The molecule has 19 heavy (non-hydrogen) atoms. The van der Waals surface area contributed by atoms with Gasteiger partial charge in [0.1, 0.15) is 12.1 Å². The number of carbonyl (C=O) groups is 2. The summed E-state index contributed by atoms with van der Waals surface area (Å²) in [5, 5.41) is 2.63. The summed E-state index contributed by atoms with van der Waals surface area (Å²) >= 11 is 0. The Morgan fingerprint density at radius 2 is 1.79 bits per heavy atom. The van der Waals surface area contributed by atoms with E-state index in [0.717, 1.165) is 0 Å². The topological polar surface area (TPSA) is 81.4 Å². The highest BCUT2D eigenvalue weighted by Crippen LogP contribution is 2.11. The van der Waals surface area contributed by atoms with Gasteiger partial charge in [-0.25, -0.2) is 4.79 Å². The third-order valence-electron chi connectivity index (χ3n) is 2.86. The number of hydrogen-bond donors (Lipinski definition) is 2. The lowest BCUT2D eigenvalue weighted by atomic mass is 10.0. The van der Waals surface area contributed by atoms with E-state index in [2.05, 4.69) is 10.1 Å². The van der Waals surface area contributed by atoms with Gasteiger partial charge in [-0.2, -0.15) is 0 Å². The van der Waals surface area contributed by atoms with Crippen LogP contribution >= 0.6 is 0 Å². The van der Waals surface area contributed by atoms with Crippen molar-refractivity contribution >= 4 is 11.9 Å². The van der Waals surface area contributed by atoms with Gasteiger partial charge in [0.15, 0.2) is 0 Å². The second-order valence-electron chi connectivity index (χ2n) is 4.64. The van der Waals surface area contributed by atoms with Crippen molar-refractivity contribution in [2.45, 2.75) is 25.9 Å². The number of hydrogen-bond acceptors (Lipinski definition) is 4. The maximum Gasteiger partial charge on any atom is 0.328 e. The smallest absolute Gasteiger partial charge is 0.328 e. The first-order valence-corrected chi connectivity index (χ1v) is 6.16. The summed E-state index contributed by atoms with van der Waals surface area (Å²) in [6, 6.07) is 7.52. The molecule has 0 aliphatic heterocycles. The molecule has 0 saturated heterocycles. The van der Waals surface area contributed by atoms with Gasteiger partial charge in [-0.15, -0.1) is 0 Å². The average Bonchev–Trinajstić information content (AvgIpc) is 2.43. The minimum Gasteiger partial charge on any atom is -0.467 e. The number of benzene rings is 1. The molecule has 0 spiro atoms. The first kappa shape index (κ1) is 15.2. The van der Waals surface area contributed by atoms with Gasteiger partial charge in [-0.05, 0) is 11.5 Å². The highest BCUT2D eigenvalue weighted by molar-refractivity contribution is 5.88. The Morgan fingerprint density at radius 3 is 2.26 bits per heavy atom. The fourth-order valence-electron chi connectivity index (χ4n) is 1.68. The van der Waals surface area contributed by atoms with Crippen molar-refractivity contribution in [2.24, 2.45) is 11.7 Å². The van der Waals surface area contributed by atoms with E-state index < -0.39 is 24.0 Å². The molecule has 1 aromatic carbocycles. The number of amides is 1. The van der Waals surface area contributed by atoms with Gasteiger partial charge in [0.05, 0.1) is 7.11 Å². The fraction of sp³-hybridized carbons (Fsp3) is 0.429. The third-order valence-corrected chi connectivity index (χ3v) is 2.86. The summed E-state index contributed by atoms with van der Waals surface area (Å²) in [5.41, 5.74) is 6.57. The highest BCUT2D eigenvalue weighted by Gasteiger charge is 2.27. The molecule has 0 fully saturated rings. The van der Waals surface area contributed by atoms with Crippen molar-refractivity contribution in [3.63, 3.8) is 0 Å². The summed E-state index contributed by atoms with van der Waals surface area (Å²) in [6.45, 7) is 3.66. The van der Waals surface area contributed by atoms with E-state index in [1.54, 1.807) is 12.1 Å². The Kier molecular flexibility index (Phi) is 5.51. The number of methoxy groups -OCH3 is 1. The van der Waals surface area contributed by atoms with Crippen LogP contribution in [0.25, 0.3) is 0 Å². The normalized spacial score (nSPS) is 13.7. The van der Waals surface area contributed by atoms with Gasteiger partial charge >= 0.3 is 5.97 Å². The molecule has 0 heterocycles. The molecule has 2 atom stereocenters. The van der Waals surface area contributed by atoms with E-state index in [9.17, 15) is 9.59 Å². The lowest BCUT2D eigenvalue weighted by molar-refractivity contribution is -0.146. The molecule has 0 aromatic heterocycles. The number of esters is 1. The van der Waals surface area contributed by atoms with E-state index in [1.165, 1.54) is 7.11 Å². The van der Waals surface area contributed by atoms with Crippen LogP contribution in [0.1, 0.15) is 25.5 Å². The molecular formula is C14H20N2O3. The molecule has 0 bridgehead atoms. The lowest BCUT2D eigenvalue weighted by Gasteiger charge is -2.22. The van der Waals surface area contributed by atoms with E-state index >= 15 is 0 Å². The van der Waals surface area contributed by atoms with Crippen LogP contribution < -0.4 is 11.1 Å². The quantitative estimate of drug-likeness (QED) is 0.777. The maximum absolute atomic E-state index is 12.0. The number of nitrogens with two attached hydrogens (primary N) is 1. The second kappa shape index (κ2) is 6.89. The Balaban J connectivity index is 2.75. The molecule has 3 N–H and O–H groups in total. The Morgan fingerprint density at radius 1 is 1.21 bits per heavy atom. The summed E-state index contributed by atoms with van der Waals surface area (Å²) in [4.78, 5) is 23.6. The van der Waals surface area contributed by atoms with Crippen LogP contribution in [0.3, 0.4) is 0 Å². The summed E-state index contributed by atoms with van der Waals surface area (Å²) < 4.78 is 4.67. The summed E-state index contributed by atoms with van der Waals surface area (Å²) in [7, 11) is 1.29. The monoisotopic (exact) mass is 264 g/mol. The van der Waals surface area contributed by atoms with Crippen LogP contribution in [0.2, 0.25) is 0 Å². The third kappa shape index (κ3) is 4.06. The van der Waals surface area contributed by atoms with Crippen molar-refractivity contribution in [1.82, 2.24) is 5.32 Å². The Bertz CT molecular complexity index is 432. The molecule has 2 unspecified atom stereocenters. The first-order valence-electron chi connectivity index (χ1n) is 6.16. The number of nitrogens with one attached hydrogen (secondary N) is 1. The van der Waals surface area contributed by atoms with Crippen LogP contribution in [-0.2, 0) is 14.3 Å². The molecule has 1 aromatic rings. The molecule has 5 heteroatoms. The zero-order chi connectivity index (χ0) is 14.4. The largest absolute Gasteiger partial charge is 0.467 e. The Hall–Kier alpha value is -1.88. The number of rotatable bonds is 5. The van der Waals surface area contributed by atoms with Crippen molar-refractivity contribution in [3.8, 4) is 0 Å². The highest BCUT2D eigenvalue weighted by atomic mass is 16.5. The van der Waals surface area contributed by atoms with Gasteiger partial charge in [-0.3, -0.25) is 4.79 Å². The summed E-state index contributed by atoms with van der Waals surface area (Å²) in [6.07, 6.45) is 0. The molecule has 0 aliphatic carbocycles. The van der Waals surface area contributed by atoms with E-state index in [1.807, 2.05) is 32.0 Å². The predicted octanol–water partition coefficient (Wildman–Crippen LogP) is 1.00. The van der Waals surface area contributed by atoms with Crippen LogP contribution in [-0.4, -0.2) is 25.0 Å². The minimum atomic E-state index is -0.799. The zero-order valence-corrected chi connectivity index (χ0v) is 11.4. The molecule has 0 aliphatic rings. The average molecular weight is 264 g/mol. The van der Waals surface area contributed by atoms with Gasteiger partial charge in [0.2, 0.25) is 5.91 Å². The van der Waals surface area contributed by atoms with Crippen LogP contribution in [0, 0.1) is 5.92 Å². The first-order chi connectivity index (χ1) is 8.97. The molecule has 104 valence electrons. The minimum absolute atomic E-state index is 0.0700. The number of carbonyl (C=O) groups excluding carboxylic acids is 2. The fourth-order valence-corrected chi connectivity index (χ4v) is 1.68. The van der Waals surface area contributed by atoms with Crippen molar-refractivity contribution in [1.29, 1.82) is 0 Å². The standard InChI is InChI=1S/C14H20N2O3/c1-9(2)12(14(18)19-3)16-13(17)11(15)10-7-5-4-6-8-10/h4-9,11-12H,15H2,1-3H3,(H,16,17).